The van der Waals surface area contributed by atoms with Gasteiger partial charge < -0.3 is 10.6 Å². The smallest absolute Gasteiger partial charge is 0.238 e. The number of imidazole rings is 1. The molecule has 0 aliphatic heterocycles. The minimum absolute atomic E-state index is 0.0971. The average Bonchev–Trinajstić information content (AvgIpc) is 2.92. The van der Waals surface area contributed by atoms with Gasteiger partial charge in [0.25, 0.3) is 0 Å². The molecule has 0 atom stereocenters. The second-order valence-electron chi connectivity index (χ2n) is 4.59. The molecule has 106 valence electrons. The van der Waals surface area contributed by atoms with Gasteiger partial charge in [0.1, 0.15) is 12.1 Å². The topological polar surface area (TPSA) is 71.8 Å². The summed E-state index contributed by atoms with van der Waals surface area (Å²) in [6.07, 6.45) is 3.38. The first-order valence-electron chi connectivity index (χ1n) is 6.61. The predicted molar refractivity (Wildman–Crippen MR) is 81.4 cm³/mol. The third-order valence-electron chi connectivity index (χ3n) is 3.07. The van der Waals surface area contributed by atoms with E-state index in [9.17, 15) is 4.79 Å². The van der Waals surface area contributed by atoms with Crippen LogP contribution >= 0.6 is 0 Å². The third kappa shape index (κ3) is 2.75. The maximum absolute atomic E-state index is 11.5. The van der Waals surface area contributed by atoms with Gasteiger partial charge >= 0.3 is 0 Å². The van der Waals surface area contributed by atoms with Crippen LogP contribution in [0.5, 0.6) is 0 Å². The lowest BCUT2D eigenvalue weighted by atomic mass is 10.3. The molecular weight excluding hydrogens is 266 g/mol. The summed E-state index contributed by atoms with van der Waals surface area (Å²) in [6.45, 7) is 0.272. The molecule has 3 aromatic rings. The van der Waals surface area contributed by atoms with Gasteiger partial charge in [-0.2, -0.15) is 0 Å². The van der Waals surface area contributed by atoms with Gasteiger partial charge in [0.2, 0.25) is 5.91 Å². The van der Waals surface area contributed by atoms with Gasteiger partial charge in [0.05, 0.1) is 29.5 Å². The molecule has 0 saturated heterocycles. The minimum atomic E-state index is -0.0971. The van der Waals surface area contributed by atoms with Crippen LogP contribution in [0.2, 0.25) is 0 Å². The number of hydrogen-bond acceptors (Lipinski definition) is 4. The van der Waals surface area contributed by atoms with Gasteiger partial charge in [-0.3, -0.25) is 9.36 Å². The van der Waals surface area contributed by atoms with Crippen molar-refractivity contribution in [2.75, 3.05) is 18.9 Å². The molecule has 0 spiro atoms. The molecule has 6 nitrogen and oxygen atoms in total. The van der Waals surface area contributed by atoms with Crippen LogP contribution in [-0.4, -0.2) is 34.0 Å². The summed E-state index contributed by atoms with van der Waals surface area (Å²) < 4.78 is 1.91. The van der Waals surface area contributed by atoms with E-state index in [2.05, 4.69) is 20.6 Å². The fourth-order valence-electron chi connectivity index (χ4n) is 2.11. The molecular formula is C15H15N5O. The summed E-state index contributed by atoms with van der Waals surface area (Å²) in [7, 11) is 1.73. The van der Waals surface area contributed by atoms with Crippen molar-refractivity contribution in [2.24, 2.45) is 0 Å². The second-order valence-corrected chi connectivity index (χ2v) is 4.59. The zero-order chi connectivity index (χ0) is 14.7. The Balaban J connectivity index is 1.85. The highest BCUT2D eigenvalue weighted by Crippen LogP contribution is 2.17. The van der Waals surface area contributed by atoms with E-state index in [0.29, 0.717) is 5.69 Å². The van der Waals surface area contributed by atoms with Crippen molar-refractivity contribution in [1.29, 1.82) is 0 Å². The van der Waals surface area contributed by atoms with Crippen molar-refractivity contribution in [3.8, 4) is 5.82 Å². The van der Waals surface area contributed by atoms with Gasteiger partial charge in [-0.15, -0.1) is 0 Å². The monoisotopic (exact) mass is 281 g/mol. The second kappa shape index (κ2) is 5.72. The molecule has 0 bridgehead atoms. The Morgan fingerprint density at radius 3 is 2.81 bits per heavy atom. The number of pyridine rings is 1. The number of nitrogens with one attached hydrogen (secondary N) is 2. The summed E-state index contributed by atoms with van der Waals surface area (Å²) in [6, 6.07) is 11.5. The highest BCUT2D eigenvalue weighted by molar-refractivity contribution is 5.92. The minimum Gasteiger partial charge on any atom is -0.324 e. The maximum atomic E-state index is 11.5. The van der Waals surface area contributed by atoms with E-state index in [-0.39, 0.29) is 12.5 Å². The van der Waals surface area contributed by atoms with Crippen molar-refractivity contribution in [1.82, 2.24) is 19.9 Å². The molecule has 0 aliphatic rings. The van der Waals surface area contributed by atoms with Crippen molar-refractivity contribution in [3.05, 3.63) is 48.9 Å². The van der Waals surface area contributed by atoms with Gasteiger partial charge in [-0.1, -0.05) is 12.1 Å². The molecule has 0 fully saturated rings. The quantitative estimate of drug-likeness (QED) is 0.761. The largest absolute Gasteiger partial charge is 0.324 e. The number of likely N-dealkylation sites (N-methyl/N-ethyl adjacent to an activating group) is 1. The maximum Gasteiger partial charge on any atom is 0.238 e. The zero-order valence-electron chi connectivity index (χ0n) is 11.6. The summed E-state index contributed by atoms with van der Waals surface area (Å²) in [5, 5.41) is 5.56. The van der Waals surface area contributed by atoms with Crippen LogP contribution < -0.4 is 10.6 Å². The molecule has 3 rings (SSSR count). The molecule has 0 radical (unpaired) electrons. The number of para-hydroxylation sites is 2. The first-order chi connectivity index (χ1) is 10.3. The number of amides is 1. The Morgan fingerprint density at radius 2 is 2.05 bits per heavy atom. The molecule has 2 aromatic heterocycles. The molecule has 2 heterocycles. The fraction of sp³-hybridized carbons (Fsp3) is 0.133. The molecule has 0 saturated carbocycles. The SMILES string of the molecule is CNCC(=O)Nc1ccc(-n2cnc3ccccc32)nc1. The van der Waals surface area contributed by atoms with E-state index in [4.69, 9.17) is 0 Å². The van der Waals surface area contributed by atoms with Gasteiger partial charge in [0.15, 0.2) is 0 Å². The third-order valence-corrected chi connectivity index (χ3v) is 3.07. The van der Waals surface area contributed by atoms with Crippen LogP contribution in [0.25, 0.3) is 16.9 Å². The number of hydrogen-bond donors (Lipinski definition) is 2. The van der Waals surface area contributed by atoms with Crippen molar-refractivity contribution < 1.29 is 4.79 Å². The van der Waals surface area contributed by atoms with E-state index in [0.717, 1.165) is 16.9 Å². The van der Waals surface area contributed by atoms with Crippen LogP contribution in [-0.2, 0) is 4.79 Å². The van der Waals surface area contributed by atoms with Crippen LogP contribution in [0, 0.1) is 0 Å². The molecule has 6 heteroatoms. The summed E-state index contributed by atoms with van der Waals surface area (Å²) in [5.41, 5.74) is 2.59. The number of aromatic nitrogens is 3. The lowest BCUT2D eigenvalue weighted by Gasteiger charge is -2.06. The Bertz CT molecular complexity index is 763. The molecule has 1 aromatic carbocycles. The van der Waals surface area contributed by atoms with E-state index in [1.54, 1.807) is 19.6 Å². The number of carbonyl (C=O) groups excluding carboxylic acids is 1. The molecule has 1 amide bonds. The van der Waals surface area contributed by atoms with Crippen LogP contribution in [0.1, 0.15) is 0 Å². The Hall–Kier alpha value is -2.73. The zero-order valence-corrected chi connectivity index (χ0v) is 11.6. The summed E-state index contributed by atoms with van der Waals surface area (Å²) in [5.74, 6) is 0.662. The Kier molecular flexibility index (Phi) is 3.61. The molecule has 0 unspecified atom stereocenters. The number of benzene rings is 1. The normalized spacial score (nSPS) is 10.7. The van der Waals surface area contributed by atoms with Crippen LogP contribution in [0.15, 0.2) is 48.9 Å². The standard InChI is InChI=1S/C15H15N5O/c1-16-9-15(21)19-11-6-7-14(17-8-11)20-10-18-12-4-2-3-5-13(12)20/h2-8,10,16H,9H2,1H3,(H,19,21). The lowest BCUT2D eigenvalue weighted by molar-refractivity contribution is -0.115. The number of nitrogens with zero attached hydrogens (tertiary/aromatic N) is 3. The highest BCUT2D eigenvalue weighted by atomic mass is 16.1. The number of rotatable bonds is 4. The first-order valence-corrected chi connectivity index (χ1v) is 6.61. The molecule has 0 aliphatic carbocycles. The van der Waals surface area contributed by atoms with Crippen molar-refractivity contribution >= 4 is 22.6 Å². The van der Waals surface area contributed by atoms with Crippen molar-refractivity contribution in [3.63, 3.8) is 0 Å². The predicted octanol–water partition coefficient (Wildman–Crippen LogP) is 1.58. The number of carbonyl (C=O) groups is 1. The van der Waals surface area contributed by atoms with Gasteiger partial charge in [0, 0.05) is 0 Å². The lowest BCUT2D eigenvalue weighted by Crippen LogP contribution is -2.25. The van der Waals surface area contributed by atoms with Gasteiger partial charge in [-0.05, 0) is 31.3 Å². The average molecular weight is 281 g/mol. The van der Waals surface area contributed by atoms with E-state index in [1.165, 1.54) is 0 Å². The fourth-order valence-corrected chi connectivity index (χ4v) is 2.11. The Morgan fingerprint density at radius 1 is 1.19 bits per heavy atom. The highest BCUT2D eigenvalue weighted by Gasteiger charge is 2.06. The number of fused-ring (bicyclic) bond motifs is 1. The Labute approximate surface area is 121 Å². The molecule has 21 heavy (non-hydrogen) atoms. The van der Waals surface area contributed by atoms with Gasteiger partial charge in [-0.25, -0.2) is 9.97 Å². The number of anilines is 1. The van der Waals surface area contributed by atoms with E-state index >= 15 is 0 Å². The van der Waals surface area contributed by atoms with Crippen molar-refractivity contribution in [2.45, 2.75) is 0 Å². The van der Waals surface area contributed by atoms with Crippen LogP contribution in [0.4, 0.5) is 5.69 Å². The summed E-state index contributed by atoms with van der Waals surface area (Å²) in [4.78, 5) is 20.2. The molecule has 2 N–H and O–H groups in total. The van der Waals surface area contributed by atoms with Crippen LogP contribution in [0.3, 0.4) is 0 Å². The summed E-state index contributed by atoms with van der Waals surface area (Å²) >= 11 is 0. The van der Waals surface area contributed by atoms with E-state index in [1.807, 2.05) is 41.0 Å². The van der Waals surface area contributed by atoms with E-state index < -0.39 is 0 Å². The first kappa shape index (κ1) is 13.3.